The number of rotatable bonds is 7. The minimum absolute atomic E-state index is 0.00409. The topological polar surface area (TPSA) is 112 Å². The third-order valence-electron chi connectivity index (χ3n) is 4.96. The molecule has 10 nitrogen and oxygen atoms in total. The van der Waals surface area contributed by atoms with Crippen LogP contribution >= 0.6 is 0 Å². The van der Waals surface area contributed by atoms with Gasteiger partial charge in [0.1, 0.15) is 17.1 Å². The second-order valence-corrected chi connectivity index (χ2v) is 6.93. The van der Waals surface area contributed by atoms with Crippen molar-refractivity contribution >= 4 is 11.6 Å². The van der Waals surface area contributed by atoms with Crippen molar-refractivity contribution in [2.24, 2.45) is 0 Å². The van der Waals surface area contributed by atoms with E-state index in [1.165, 1.54) is 4.68 Å². The van der Waals surface area contributed by atoms with Crippen molar-refractivity contribution in [3.8, 4) is 0 Å². The second-order valence-electron chi connectivity index (χ2n) is 6.93. The van der Waals surface area contributed by atoms with Gasteiger partial charge in [0, 0.05) is 31.4 Å². The van der Waals surface area contributed by atoms with Crippen LogP contribution < -0.4 is 0 Å². The van der Waals surface area contributed by atoms with E-state index >= 15 is 0 Å². The Kier molecular flexibility index (Phi) is 5.53. The standard InChI is InChI=1S/C19H24N6O4/c1-6-23-13(3)15(9-20-23)10-22(5)19(26)17-8-7-16(29-17)11-24-14(4)18(25(27)28)12(2)21-24/h7-9H,6,10-11H2,1-5H3. The summed E-state index contributed by atoms with van der Waals surface area (Å²) in [5, 5.41) is 19.6. The van der Waals surface area contributed by atoms with E-state index in [9.17, 15) is 14.9 Å². The summed E-state index contributed by atoms with van der Waals surface area (Å²) < 4.78 is 9.07. The summed E-state index contributed by atoms with van der Waals surface area (Å²) in [6.45, 7) is 8.62. The van der Waals surface area contributed by atoms with Crippen molar-refractivity contribution in [1.82, 2.24) is 24.5 Å². The van der Waals surface area contributed by atoms with Gasteiger partial charge in [-0.2, -0.15) is 10.2 Å². The SMILES string of the molecule is CCn1ncc(CN(C)C(=O)c2ccc(Cn3nc(C)c([N+](=O)[O-])c3C)o2)c1C. The Labute approximate surface area is 167 Å². The molecule has 10 heteroatoms. The summed E-state index contributed by atoms with van der Waals surface area (Å²) in [7, 11) is 1.71. The maximum atomic E-state index is 12.7. The Bertz CT molecular complexity index is 1060. The minimum atomic E-state index is -0.442. The molecular weight excluding hydrogens is 376 g/mol. The van der Waals surface area contributed by atoms with Gasteiger partial charge in [-0.25, -0.2) is 0 Å². The normalized spacial score (nSPS) is 11.1. The molecule has 1 amide bonds. The van der Waals surface area contributed by atoms with Crippen LogP contribution in [-0.2, 0) is 19.6 Å². The average molecular weight is 400 g/mol. The number of aryl methyl sites for hydroxylation is 2. The molecule has 0 unspecified atom stereocenters. The zero-order valence-electron chi connectivity index (χ0n) is 17.2. The van der Waals surface area contributed by atoms with Crippen LogP contribution in [0.15, 0.2) is 22.7 Å². The monoisotopic (exact) mass is 400 g/mol. The van der Waals surface area contributed by atoms with Crippen LogP contribution in [0.4, 0.5) is 5.69 Å². The van der Waals surface area contributed by atoms with Gasteiger partial charge in [-0.1, -0.05) is 0 Å². The molecule has 0 aromatic carbocycles. The zero-order chi connectivity index (χ0) is 21.3. The van der Waals surface area contributed by atoms with Crippen molar-refractivity contribution in [3.63, 3.8) is 0 Å². The molecule has 0 bridgehead atoms. The molecule has 3 aromatic rings. The van der Waals surface area contributed by atoms with E-state index in [2.05, 4.69) is 10.2 Å². The summed E-state index contributed by atoms with van der Waals surface area (Å²) >= 11 is 0. The highest BCUT2D eigenvalue weighted by atomic mass is 16.6. The Morgan fingerprint density at radius 3 is 2.55 bits per heavy atom. The number of carbonyl (C=O) groups excluding carboxylic acids is 1. The zero-order valence-corrected chi connectivity index (χ0v) is 17.2. The van der Waals surface area contributed by atoms with E-state index in [-0.39, 0.29) is 23.9 Å². The molecule has 0 saturated carbocycles. The summed E-state index contributed by atoms with van der Waals surface area (Å²) in [6.07, 6.45) is 1.77. The Morgan fingerprint density at radius 2 is 1.97 bits per heavy atom. The molecule has 3 heterocycles. The highest BCUT2D eigenvalue weighted by molar-refractivity contribution is 5.91. The highest BCUT2D eigenvalue weighted by Crippen LogP contribution is 2.23. The van der Waals surface area contributed by atoms with Crippen molar-refractivity contribution in [1.29, 1.82) is 0 Å². The first-order chi connectivity index (χ1) is 13.7. The lowest BCUT2D eigenvalue weighted by Gasteiger charge is -2.15. The molecule has 0 atom stereocenters. The second kappa shape index (κ2) is 7.90. The van der Waals surface area contributed by atoms with Crippen molar-refractivity contribution in [3.05, 3.63) is 62.6 Å². The number of hydrogen-bond acceptors (Lipinski definition) is 6. The largest absolute Gasteiger partial charge is 0.454 e. The minimum Gasteiger partial charge on any atom is -0.454 e. The van der Waals surface area contributed by atoms with Crippen LogP contribution in [0.3, 0.4) is 0 Å². The maximum Gasteiger partial charge on any atom is 0.312 e. The summed E-state index contributed by atoms with van der Waals surface area (Å²) in [5.74, 6) is 0.454. The molecule has 0 fully saturated rings. The van der Waals surface area contributed by atoms with Gasteiger partial charge in [0.05, 0.1) is 17.7 Å². The fraction of sp³-hybridized carbons (Fsp3) is 0.421. The summed E-state index contributed by atoms with van der Waals surface area (Å²) in [5.41, 5.74) is 2.79. The van der Waals surface area contributed by atoms with Crippen molar-refractivity contribution in [2.75, 3.05) is 7.05 Å². The maximum absolute atomic E-state index is 12.7. The Hall–Kier alpha value is -3.43. The van der Waals surface area contributed by atoms with E-state index < -0.39 is 4.92 Å². The number of hydrogen-bond donors (Lipinski definition) is 0. The molecule has 0 saturated heterocycles. The molecule has 0 aliphatic carbocycles. The third-order valence-corrected chi connectivity index (χ3v) is 4.96. The lowest BCUT2D eigenvalue weighted by molar-refractivity contribution is -0.386. The lowest BCUT2D eigenvalue weighted by Crippen LogP contribution is -2.26. The molecular formula is C19H24N6O4. The van der Waals surface area contributed by atoms with E-state index in [1.54, 1.807) is 44.1 Å². The molecule has 154 valence electrons. The quantitative estimate of drug-likeness (QED) is 0.445. The van der Waals surface area contributed by atoms with Crippen LogP contribution in [0.2, 0.25) is 0 Å². The van der Waals surface area contributed by atoms with Crippen LogP contribution in [0.1, 0.15) is 45.9 Å². The van der Waals surface area contributed by atoms with Gasteiger partial charge >= 0.3 is 5.69 Å². The van der Waals surface area contributed by atoms with Crippen LogP contribution in [-0.4, -0.2) is 42.3 Å². The first-order valence-electron chi connectivity index (χ1n) is 9.26. The third kappa shape index (κ3) is 3.91. The van der Waals surface area contributed by atoms with Gasteiger partial charge < -0.3 is 9.32 Å². The molecule has 29 heavy (non-hydrogen) atoms. The van der Waals surface area contributed by atoms with Crippen LogP contribution in [0.5, 0.6) is 0 Å². The summed E-state index contributed by atoms with van der Waals surface area (Å²) in [4.78, 5) is 25.0. The predicted molar refractivity (Wildman–Crippen MR) is 105 cm³/mol. The number of nitro groups is 1. The van der Waals surface area contributed by atoms with Gasteiger partial charge in [-0.05, 0) is 39.8 Å². The van der Waals surface area contributed by atoms with E-state index in [0.29, 0.717) is 23.7 Å². The van der Waals surface area contributed by atoms with E-state index in [0.717, 1.165) is 17.8 Å². The fourth-order valence-corrected chi connectivity index (χ4v) is 3.31. The van der Waals surface area contributed by atoms with E-state index in [1.807, 2.05) is 18.5 Å². The number of amides is 1. The van der Waals surface area contributed by atoms with Gasteiger partial charge in [0.2, 0.25) is 0 Å². The predicted octanol–water partition coefficient (Wildman–Crippen LogP) is 2.85. The van der Waals surface area contributed by atoms with Crippen molar-refractivity contribution < 1.29 is 14.1 Å². The number of nitrogens with zero attached hydrogens (tertiary/aromatic N) is 6. The number of aromatic nitrogens is 4. The lowest BCUT2D eigenvalue weighted by atomic mass is 10.2. The molecule has 0 aliphatic rings. The number of carbonyl (C=O) groups is 1. The van der Waals surface area contributed by atoms with Gasteiger partial charge in [-0.15, -0.1) is 0 Å². The van der Waals surface area contributed by atoms with Crippen LogP contribution in [0, 0.1) is 30.9 Å². The van der Waals surface area contributed by atoms with Crippen LogP contribution in [0.25, 0.3) is 0 Å². The van der Waals surface area contributed by atoms with Crippen molar-refractivity contribution in [2.45, 2.75) is 47.3 Å². The molecule has 3 aromatic heterocycles. The highest BCUT2D eigenvalue weighted by Gasteiger charge is 2.23. The molecule has 3 rings (SSSR count). The first-order valence-corrected chi connectivity index (χ1v) is 9.26. The van der Waals surface area contributed by atoms with E-state index in [4.69, 9.17) is 4.42 Å². The Balaban J connectivity index is 1.72. The number of furan rings is 1. The molecule has 0 aliphatic heterocycles. The summed E-state index contributed by atoms with van der Waals surface area (Å²) in [6, 6.07) is 3.29. The smallest absolute Gasteiger partial charge is 0.312 e. The van der Waals surface area contributed by atoms with Gasteiger partial charge in [-0.3, -0.25) is 24.3 Å². The molecule has 0 radical (unpaired) electrons. The van der Waals surface area contributed by atoms with Gasteiger partial charge in [0.25, 0.3) is 5.91 Å². The van der Waals surface area contributed by atoms with Gasteiger partial charge in [0.15, 0.2) is 5.76 Å². The average Bonchev–Trinajstić information content (AvgIpc) is 3.34. The first kappa shape index (κ1) is 20.3. The fourth-order valence-electron chi connectivity index (χ4n) is 3.31. The molecule has 0 spiro atoms. The Morgan fingerprint density at radius 1 is 1.24 bits per heavy atom. The molecule has 0 N–H and O–H groups in total.